The molecular weight excluding hydrogens is 450 g/mol. The van der Waals surface area contributed by atoms with Crippen LogP contribution in [-0.4, -0.2) is 11.1 Å². The van der Waals surface area contributed by atoms with Crippen LogP contribution in [0.5, 0.6) is 0 Å². The summed E-state index contributed by atoms with van der Waals surface area (Å²) in [5.41, 5.74) is -0.109. The topological polar surface area (TPSA) is 71.4 Å². The summed E-state index contributed by atoms with van der Waals surface area (Å²) < 4.78 is 22.9. The lowest BCUT2D eigenvalue weighted by Gasteiger charge is -2.06. The summed E-state index contributed by atoms with van der Waals surface area (Å²) >= 11 is -1.98. The Morgan fingerprint density at radius 1 is 1.24 bits per heavy atom. The monoisotopic (exact) mass is 456 g/mol. The Labute approximate surface area is 117 Å². The lowest BCUT2D eigenvalue weighted by molar-refractivity contribution is 0.0697. The van der Waals surface area contributed by atoms with E-state index in [0.29, 0.717) is 8.96 Å². The SMILES string of the molecule is O=C(O)c1c(I(=O)=O)c(I)cc2ccccc12. The van der Waals surface area contributed by atoms with Gasteiger partial charge in [0.1, 0.15) is 3.57 Å². The van der Waals surface area contributed by atoms with Crippen LogP contribution < -0.4 is 0 Å². The number of hydrogen-bond acceptors (Lipinski definition) is 3. The predicted octanol–water partition coefficient (Wildman–Crippen LogP) is 3.51. The molecule has 0 unspecified atom stereocenters. The smallest absolute Gasteiger partial charge is 0.342 e. The average Bonchev–Trinajstić information content (AvgIpc) is 2.26. The van der Waals surface area contributed by atoms with Crippen molar-refractivity contribution in [1.29, 1.82) is 0 Å². The van der Waals surface area contributed by atoms with Gasteiger partial charge in [-0.25, -0.2) is 10.9 Å². The Bertz CT molecular complexity index is 681. The maximum absolute atomic E-state index is 11.3. The molecule has 4 nitrogen and oxygen atoms in total. The van der Waals surface area contributed by atoms with Crippen molar-refractivity contribution >= 4 is 59.1 Å². The van der Waals surface area contributed by atoms with Crippen molar-refractivity contribution in [3.05, 3.63) is 43.0 Å². The van der Waals surface area contributed by atoms with Crippen LogP contribution in [0.4, 0.5) is 0 Å². The van der Waals surface area contributed by atoms with Crippen LogP contribution in [0.15, 0.2) is 30.3 Å². The van der Waals surface area contributed by atoms with Crippen LogP contribution in [0.25, 0.3) is 10.8 Å². The second-order valence-electron chi connectivity index (χ2n) is 3.29. The molecule has 2 aromatic carbocycles. The van der Waals surface area contributed by atoms with Gasteiger partial charge in [-0.3, -0.25) is 0 Å². The molecule has 0 aliphatic heterocycles. The fourth-order valence-corrected chi connectivity index (χ4v) is 4.91. The molecular formula is C11H6I2O4. The first-order valence-corrected chi connectivity index (χ1v) is 8.44. The van der Waals surface area contributed by atoms with Crippen molar-refractivity contribution in [3.8, 4) is 0 Å². The lowest BCUT2D eigenvalue weighted by Crippen LogP contribution is -2.03. The third-order valence-corrected chi connectivity index (χ3v) is 6.19. The zero-order chi connectivity index (χ0) is 12.6. The maximum atomic E-state index is 11.3. The van der Waals surface area contributed by atoms with Crippen LogP contribution in [0.1, 0.15) is 10.4 Å². The van der Waals surface area contributed by atoms with Gasteiger partial charge in [0.2, 0.25) is 0 Å². The molecule has 0 aliphatic rings. The number of carboxylic acid groups (broad SMARTS) is 1. The standard InChI is InChI=1S/C11H6I2O4/c12-8-5-6-3-1-2-4-7(6)9(11(14)15)10(8)13(16)17/h1-5H,(H,14,15). The second kappa shape index (κ2) is 4.84. The number of aromatic carboxylic acids is 1. The molecule has 0 aromatic heterocycles. The van der Waals surface area contributed by atoms with E-state index in [1.807, 2.05) is 22.6 Å². The van der Waals surface area contributed by atoms with Gasteiger partial charge in [-0.05, 0) is 39.4 Å². The minimum Gasteiger partial charge on any atom is -0.478 e. The summed E-state index contributed by atoms with van der Waals surface area (Å²) in [6, 6.07) is 8.56. The van der Waals surface area contributed by atoms with Crippen LogP contribution in [0.3, 0.4) is 0 Å². The number of fused-ring (bicyclic) bond motifs is 1. The molecule has 0 amide bonds. The maximum Gasteiger partial charge on any atom is 0.342 e. The van der Waals surface area contributed by atoms with Crippen molar-refractivity contribution in [2.75, 3.05) is 0 Å². The van der Waals surface area contributed by atoms with Gasteiger partial charge in [0.05, 0.1) is 5.56 Å². The van der Waals surface area contributed by atoms with E-state index in [9.17, 15) is 16.0 Å². The minimum absolute atomic E-state index is 0.0269. The van der Waals surface area contributed by atoms with E-state index in [4.69, 9.17) is 0 Å². The van der Waals surface area contributed by atoms with Gasteiger partial charge in [0, 0.05) is 3.57 Å². The molecule has 0 saturated carbocycles. The van der Waals surface area contributed by atoms with E-state index in [-0.39, 0.29) is 9.13 Å². The number of rotatable bonds is 2. The molecule has 0 saturated heterocycles. The largest absolute Gasteiger partial charge is 0.478 e. The van der Waals surface area contributed by atoms with Crippen LogP contribution in [-0.2, 0) is 6.14 Å². The Hall–Kier alpha value is -0.770. The fraction of sp³-hybridized carbons (Fsp3) is 0. The van der Waals surface area contributed by atoms with Gasteiger partial charge in [-0.2, -0.15) is 0 Å². The van der Waals surface area contributed by atoms with E-state index in [2.05, 4.69) is 0 Å². The van der Waals surface area contributed by atoms with Gasteiger partial charge in [0.25, 0.3) is 0 Å². The number of carbonyl (C=O) groups is 1. The number of benzene rings is 2. The Morgan fingerprint density at radius 2 is 1.88 bits per heavy atom. The molecule has 0 aliphatic carbocycles. The molecule has 0 spiro atoms. The highest BCUT2D eigenvalue weighted by Gasteiger charge is 2.21. The average molecular weight is 456 g/mol. The first-order chi connectivity index (χ1) is 8.02. The number of hydrogen-bond donors (Lipinski definition) is 1. The van der Waals surface area contributed by atoms with Gasteiger partial charge in [-0.1, -0.05) is 24.3 Å². The summed E-state index contributed by atoms with van der Waals surface area (Å²) in [7, 11) is 0. The van der Waals surface area contributed by atoms with E-state index < -0.39 is 25.8 Å². The first kappa shape index (κ1) is 12.7. The van der Waals surface area contributed by atoms with Gasteiger partial charge >= 0.3 is 25.8 Å². The summed E-state index contributed by atoms with van der Waals surface area (Å²) in [6.45, 7) is 0. The third kappa shape index (κ3) is 2.28. The molecule has 2 rings (SSSR count). The molecule has 88 valence electrons. The highest BCUT2D eigenvalue weighted by molar-refractivity contribution is 14.2. The van der Waals surface area contributed by atoms with Crippen molar-refractivity contribution in [1.82, 2.24) is 0 Å². The summed E-state index contributed by atoms with van der Waals surface area (Å²) in [4.78, 5) is 11.2. The zero-order valence-electron chi connectivity index (χ0n) is 8.31. The zero-order valence-corrected chi connectivity index (χ0v) is 12.6. The summed E-state index contributed by atoms with van der Waals surface area (Å²) in [6.07, 6.45) is 0. The summed E-state index contributed by atoms with van der Waals surface area (Å²) in [5, 5.41) is 10.4. The predicted molar refractivity (Wildman–Crippen MR) is 77.7 cm³/mol. The van der Waals surface area contributed by atoms with E-state index >= 15 is 0 Å². The third-order valence-electron chi connectivity index (χ3n) is 2.31. The molecule has 0 atom stereocenters. The van der Waals surface area contributed by atoms with Crippen LogP contribution in [0, 0.1) is 7.14 Å². The van der Waals surface area contributed by atoms with Crippen molar-refractivity contribution in [2.24, 2.45) is 0 Å². The fourth-order valence-electron chi connectivity index (χ4n) is 1.65. The highest BCUT2D eigenvalue weighted by atomic mass is 127. The molecule has 0 heterocycles. The highest BCUT2D eigenvalue weighted by Crippen LogP contribution is 2.33. The van der Waals surface area contributed by atoms with Crippen molar-refractivity contribution in [3.63, 3.8) is 0 Å². The Balaban J connectivity index is 3.04. The molecule has 17 heavy (non-hydrogen) atoms. The van der Waals surface area contributed by atoms with Crippen molar-refractivity contribution in [2.45, 2.75) is 0 Å². The molecule has 0 radical (unpaired) electrons. The molecule has 2 aromatic rings. The normalized spacial score (nSPS) is 10.9. The second-order valence-corrected chi connectivity index (χ2v) is 6.77. The lowest BCUT2D eigenvalue weighted by atomic mass is 10.1. The Kier molecular flexibility index (Phi) is 3.61. The minimum atomic E-state index is -3.83. The number of halogens is 2. The molecule has 1 N–H and O–H groups in total. The number of carboxylic acids is 1. The van der Waals surface area contributed by atoms with E-state index in [0.717, 1.165) is 5.39 Å². The van der Waals surface area contributed by atoms with Gasteiger partial charge in [-0.15, -0.1) is 0 Å². The molecule has 0 fully saturated rings. The summed E-state index contributed by atoms with van der Waals surface area (Å²) in [5.74, 6) is -1.20. The van der Waals surface area contributed by atoms with Crippen LogP contribution >= 0.6 is 42.4 Å². The Morgan fingerprint density at radius 3 is 2.47 bits per heavy atom. The quantitative estimate of drug-likeness (QED) is 0.703. The first-order valence-electron chi connectivity index (χ1n) is 4.52. The van der Waals surface area contributed by atoms with Crippen LogP contribution in [0.2, 0.25) is 0 Å². The van der Waals surface area contributed by atoms with E-state index in [1.165, 1.54) is 0 Å². The molecule has 0 bridgehead atoms. The van der Waals surface area contributed by atoms with Crippen molar-refractivity contribution < 1.29 is 16.0 Å². The van der Waals surface area contributed by atoms with Gasteiger partial charge in [0.15, 0.2) is 0 Å². The molecule has 6 heteroatoms. The van der Waals surface area contributed by atoms with E-state index in [1.54, 1.807) is 30.3 Å². The van der Waals surface area contributed by atoms with Gasteiger partial charge < -0.3 is 5.11 Å².